The molecule has 8 heteroatoms. The molecule has 0 saturated heterocycles. The van der Waals surface area contributed by atoms with E-state index >= 15 is 0 Å². The van der Waals surface area contributed by atoms with Crippen molar-refractivity contribution < 1.29 is 27.5 Å². The highest BCUT2D eigenvalue weighted by molar-refractivity contribution is 5.88. The summed E-state index contributed by atoms with van der Waals surface area (Å²) in [6.45, 7) is 4.70. The van der Waals surface area contributed by atoms with E-state index in [1.54, 1.807) is 41.3 Å². The molecule has 180 valence electrons. The van der Waals surface area contributed by atoms with Crippen molar-refractivity contribution in [1.29, 1.82) is 0 Å². The van der Waals surface area contributed by atoms with Crippen molar-refractivity contribution in [3.8, 4) is 16.9 Å². The van der Waals surface area contributed by atoms with Gasteiger partial charge in [0.2, 0.25) is 5.91 Å². The number of halogens is 3. The van der Waals surface area contributed by atoms with Gasteiger partial charge in [0, 0.05) is 30.8 Å². The van der Waals surface area contributed by atoms with Crippen LogP contribution in [0.4, 0.5) is 23.7 Å². The summed E-state index contributed by atoms with van der Waals surface area (Å²) in [5.74, 6) is 0.252. The Labute approximate surface area is 200 Å². The first-order valence-electron chi connectivity index (χ1n) is 11.0. The summed E-state index contributed by atoms with van der Waals surface area (Å²) in [6, 6.07) is 16.8. The van der Waals surface area contributed by atoms with Crippen LogP contribution in [-0.4, -0.2) is 23.4 Å². The molecule has 0 bridgehead atoms. The summed E-state index contributed by atoms with van der Waals surface area (Å²) in [5.41, 5.74) is 2.83. The van der Waals surface area contributed by atoms with Gasteiger partial charge in [0.25, 0.3) is 0 Å². The van der Waals surface area contributed by atoms with Gasteiger partial charge in [-0.25, -0.2) is 4.79 Å². The molecule has 0 aromatic heterocycles. The first-order chi connectivity index (χ1) is 16.7. The summed E-state index contributed by atoms with van der Waals surface area (Å²) < 4.78 is 44.1. The van der Waals surface area contributed by atoms with Crippen LogP contribution in [0.1, 0.15) is 23.1 Å². The number of carbonyl (C=O) groups is 2. The van der Waals surface area contributed by atoms with E-state index in [1.807, 2.05) is 12.1 Å². The highest BCUT2D eigenvalue weighted by atomic mass is 19.4. The van der Waals surface area contributed by atoms with E-state index in [2.05, 4.69) is 11.9 Å². The molecular weight excluding hydrogens is 457 g/mol. The monoisotopic (exact) mass is 480 g/mol. The summed E-state index contributed by atoms with van der Waals surface area (Å²) in [6.07, 6.45) is -2.59. The van der Waals surface area contributed by atoms with Gasteiger partial charge in [-0.05, 0) is 53.4 Å². The third kappa shape index (κ3) is 5.71. The Morgan fingerprint density at radius 1 is 1.03 bits per heavy atom. The van der Waals surface area contributed by atoms with Gasteiger partial charge in [-0.1, -0.05) is 42.5 Å². The normalized spacial score (nSPS) is 13.1. The zero-order valence-corrected chi connectivity index (χ0v) is 18.8. The summed E-state index contributed by atoms with van der Waals surface area (Å²) in [5, 5.41) is 2.70. The van der Waals surface area contributed by atoms with Crippen LogP contribution in [0.15, 0.2) is 79.4 Å². The van der Waals surface area contributed by atoms with Gasteiger partial charge < -0.3 is 9.64 Å². The maximum absolute atomic E-state index is 12.9. The van der Waals surface area contributed by atoms with Crippen molar-refractivity contribution in [2.75, 3.05) is 11.9 Å². The van der Waals surface area contributed by atoms with Crippen LogP contribution in [0.5, 0.6) is 5.75 Å². The first-order valence-corrected chi connectivity index (χ1v) is 11.0. The number of anilines is 1. The molecule has 1 heterocycles. The van der Waals surface area contributed by atoms with E-state index < -0.39 is 17.8 Å². The number of carbonyl (C=O) groups excluding carboxylic acids is 2. The van der Waals surface area contributed by atoms with E-state index in [4.69, 9.17) is 4.74 Å². The lowest BCUT2D eigenvalue weighted by atomic mass is 9.99. The van der Waals surface area contributed by atoms with Gasteiger partial charge >= 0.3 is 12.3 Å². The SMILES string of the molecule is C=CCC(=O)N1CCc2cc(NC(=O)Oc3ccccc3-c3ccc(C(F)(F)F)cc3)ccc2C1. The smallest absolute Gasteiger partial charge is 0.409 e. The highest BCUT2D eigenvalue weighted by Gasteiger charge is 2.30. The fraction of sp³-hybridized carbons (Fsp3) is 0.185. The fourth-order valence-corrected chi connectivity index (χ4v) is 3.97. The molecule has 0 unspecified atom stereocenters. The summed E-state index contributed by atoms with van der Waals surface area (Å²) in [4.78, 5) is 26.5. The van der Waals surface area contributed by atoms with Crippen LogP contribution in [0, 0.1) is 0 Å². The zero-order chi connectivity index (χ0) is 25.0. The molecule has 5 nitrogen and oxygen atoms in total. The van der Waals surface area contributed by atoms with E-state index in [9.17, 15) is 22.8 Å². The maximum Gasteiger partial charge on any atom is 0.417 e. The summed E-state index contributed by atoms with van der Waals surface area (Å²) in [7, 11) is 0. The predicted octanol–water partition coefficient (Wildman–Crippen LogP) is 6.44. The largest absolute Gasteiger partial charge is 0.417 e. The zero-order valence-electron chi connectivity index (χ0n) is 18.8. The average molecular weight is 480 g/mol. The second-order valence-electron chi connectivity index (χ2n) is 8.13. The van der Waals surface area contributed by atoms with Gasteiger partial charge in [0.05, 0.1) is 5.56 Å². The topological polar surface area (TPSA) is 58.6 Å². The van der Waals surface area contributed by atoms with Gasteiger partial charge in [-0.15, -0.1) is 6.58 Å². The Bertz CT molecular complexity index is 1250. The number of hydrogen-bond acceptors (Lipinski definition) is 3. The quantitative estimate of drug-likeness (QED) is 0.428. The molecule has 0 spiro atoms. The van der Waals surface area contributed by atoms with E-state index in [1.165, 1.54) is 12.1 Å². The minimum atomic E-state index is -4.43. The molecule has 35 heavy (non-hydrogen) atoms. The van der Waals surface area contributed by atoms with Crippen LogP contribution >= 0.6 is 0 Å². The maximum atomic E-state index is 12.9. The van der Waals surface area contributed by atoms with Crippen molar-refractivity contribution >= 4 is 17.7 Å². The highest BCUT2D eigenvalue weighted by Crippen LogP contribution is 2.34. The molecule has 3 aromatic carbocycles. The molecule has 0 fully saturated rings. The lowest BCUT2D eigenvalue weighted by Gasteiger charge is -2.29. The first kappa shape index (κ1) is 24.1. The van der Waals surface area contributed by atoms with E-state index in [0.717, 1.165) is 23.3 Å². The molecule has 1 aliphatic heterocycles. The van der Waals surface area contributed by atoms with E-state index in [0.29, 0.717) is 42.7 Å². The number of ether oxygens (including phenoxy) is 1. The fourth-order valence-electron chi connectivity index (χ4n) is 3.97. The number of amides is 2. The van der Waals surface area contributed by atoms with Crippen LogP contribution in [-0.2, 0) is 23.9 Å². The van der Waals surface area contributed by atoms with Gasteiger partial charge in [0.1, 0.15) is 5.75 Å². The van der Waals surface area contributed by atoms with Gasteiger partial charge in [-0.2, -0.15) is 13.2 Å². The van der Waals surface area contributed by atoms with Gasteiger partial charge in [-0.3, -0.25) is 10.1 Å². The molecule has 0 saturated carbocycles. The van der Waals surface area contributed by atoms with Crippen LogP contribution in [0.3, 0.4) is 0 Å². The number of hydrogen-bond donors (Lipinski definition) is 1. The van der Waals surface area contributed by atoms with Crippen LogP contribution in [0.25, 0.3) is 11.1 Å². The third-order valence-electron chi connectivity index (χ3n) is 5.75. The second-order valence-corrected chi connectivity index (χ2v) is 8.13. The van der Waals surface area contributed by atoms with Crippen molar-refractivity contribution in [2.24, 2.45) is 0 Å². The number of fused-ring (bicyclic) bond motifs is 1. The molecule has 1 N–H and O–H groups in total. The molecular formula is C27H23F3N2O3. The number of nitrogens with zero attached hydrogens (tertiary/aromatic N) is 1. The number of rotatable bonds is 5. The predicted molar refractivity (Wildman–Crippen MR) is 127 cm³/mol. The van der Waals surface area contributed by atoms with E-state index in [-0.39, 0.29) is 11.7 Å². The lowest BCUT2D eigenvalue weighted by Crippen LogP contribution is -2.35. The van der Waals surface area contributed by atoms with Crippen molar-refractivity contribution in [2.45, 2.75) is 25.6 Å². The lowest BCUT2D eigenvalue weighted by molar-refractivity contribution is -0.137. The van der Waals surface area contributed by atoms with Crippen molar-refractivity contribution in [3.63, 3.8) is 0 Å². The molecule has 0 aliphatic carbocycles. The standard InChI is InChI=1S/C27H23F3N2O3/c1-2-5-25(33)32-15-14-19-16-22(13-10-20(19)17-32)31-26(34)35-24-7-4-3-6-23(24)18-8-11-21(12-9-18)27(28,29)30/h2-4,6-13,16H,1,5,14-15,17H2,(H,31,34). The summed E-state index contributed by atoms with van der Waals surface area (Å²) >= 11 is 0. The van der Waals surface area contributed by atoms with Crippen LogP contribution < -0.4 is 10.1 Å². The average Bonchev–Trinajstić information content (AvgIpc) is 2.83. The molecule has 3 aromatic rings. The van der Waals surface area contributed by atoms with Crippen molar-refractivity contribution in [1.82, 2.24) is 4.90 Å². The number of benzene rings is 3. The molecule has 0 radical (unpaired) electrons. The molecule has 0 atom stereocenters. The Hall–Kier alpha value is -4.07. The Kier molecular flexibility index (Phi) is 6.91. The van der Waals surface area contributed by atoms with Crippen LogP contribution in [0.2, 0.25) is 0 Å². The van der Waals surface area contributed by atoms with Gasteiger partial charge in [0.15, 0.2) is 0 Å². The number of para-hydroxylation sites is 1. The Morgan fingerprint density at radius 2 is 1.77 bits per heavy atom. The minimum absolute atomic E-state index is 0.0307. The van der Waals surface area contributed by atoms with Crippen molar-refractivity contribution in [3.05, 3.63) is 96.1 Å². The molecule has 1 aliphatic rings. The third-order valence-corrected chi connectivity index (χ3v) is 5.75. The molecule has 4 rings (SSSR count). The Balaban J connectivity index is 1.45. The number of alkyl halides is 3. The Morgan fingerprint density at radius 3 is 2.49 bits per heavy atom. The second kappa shape index (κ2) is 10.0. The minimum Gasteiger partial charge on any atom is -0.409 e. The number of nitrogens with one attached hydrogen (secondary N) is 1. The molecule has 2 amide bonds.